The minimum Gasteiger partial charge on any atom is -0.366 e. The van der Waals surface area contributed by atoms with Crippen molar-refractivity contribution >= 4 is 41.2 Å². The Morgan fingerprint density at radius 3 is 2.42 bits per heavy atom. The summed E-state index contributed by atoms with van der Waals surface area (Å²) in [7, 11) is 0. The molecule has 1 unspecified atom stereocenters. The van der Waals surface area contributed by atoms with Crippen LogP contribution in [0.3, 0.4) is 0 Å². The van der Waals surface area contributed by atoms with Crippen LogP contribution < -0.4 is 15.5 Å². The predicted molar refractivity (Wildman–Crippen MR) is 101 cm³/mol. The number of carbonyl (C=O) groups excluding carboxylic acids is 3. The van der Waals surface area contributed by atoms with Crippen LogP contribution in [0.4, 0.5) is 10.5 Å². The van der Waals surface area contributed by atoms with Crippen molar-refractivity contribution < 1.29 is 14.4 Å². The van der Waals surface area contributed by atoms with E-state index in [0.717, 1.165) is 24.2 Å². The Morgan fingerprint density at radius 2 is 1.85 bits per heavy atom. The molecule has 7 heteroatoms. The number of halogens is 1. The number of anilines is 1. The molecule has 1 saturated heterocycles. The third kappa shape index (κ3) is 3.09. The van der Waals surface area contributed by atoms with Gasteiger partial charge >= 0.3 is 6.03 Å². The number of barbiturate groups is 1. The molecule has 0 spiro atoms. The van der Waals surface area contributed by atoms with Gasteiger partial charge in [-0.05, 0) is 62.4 Å². The van der Waals surface area contributed by atoms with Gasteiger partial charge in [0.05, 0.1) is 0 Å². The van der Waals surface area contributed by atoms with Crippen molar-refractivity contribution in [3.8, 4) is 0 Å². The summed E-state index contributed by atoms with van der Waals surface area (Å²) in [5, 5.41) is 4.59. The molecule has 2 aliphatic heterocycles. The second kappa shape index (κ2) is 6.43. The molecule has 0 aliphatic carbocycles. The predicted octanol–water partition coefficient (Wildman–Crippen LogP) is 3.20. The number of amides is 4. The van der Waals surface area contributed by atoms with E-state index < -0.39 is 17.8 Å². The average Bonchev–Trinajstić information content (AvgIpc) is 2.51. The minimum absolute atomic E-state index is 0.0218. The Labute approximate surface area is 157 Å². The second-order valence-corrected chi connectivity index (χ2v) is 7.80. The van der Waals surface area contributed by atoms with E-state index in [4.69, 9.17) is 11.6 Å². The van der Waals surface area contributed by atoms with Gasteiger partial charge in [0, 0.05) is 22.8 Å². The van der Waals surface area contributed by atoms with Crippen LogP contribution in [0.2, 0.25) is 5.02 Å². The van der Waals surface area contributed by atoms with E-state index in [-0.39, 0.29) is 11.1 Å². The number of hydrogen-bond donors (Lipinski definition) is 2. The molecule has 1 aromatic rings. The molecule has 1 aromatic carbocycles. The second-order valence-electron chi connectivity index (χ2n) is 7.39. The molecule has 2 aliphatic rings. The average molecular weight is 376 g/mol. The van der Waals surface area contributed by atoms with Crippen molar-refractivity contribution in [2.45, 2.75) is 45.6 Å². The van der Waals surface area contributed by atoms with Crippen molar-refractivity contribution in [3.05, 3.63) is 33.9 Å². The number of urea groups is 1. The smallest absolute Gasteiger partial charge is 0.328 e. The minimum atomic E-state index is -0.817. The number of nitrogens with zero attached hydrogens (tertiary/aromatic N) is 1. The van der Waals surface area contributed by atoms with Crippen molar-refractivity contribution in [1.29, 1.82) is 0 Å². The molecule has 6 nitrogen and oxygen atoms in total. The van der Waals surface area contributed by atoms with E-state index in [0.29, 0.717) is 16.5 Å². The zero-order valence-corrected chi connectivity index (χ0v) is 16.0. The molecule has 4 amide bonds. The van der Waals surface area contributed by atoms with Gasteiger partial charge < -0.3 is 4.90 Å². The lowest BCUT2D eigenvalue weighted by Gasteiger charge is -2.47. The van der Waals surface area contributed by atoms with Gasteiger partial charge in [0.15, 0.2) is 0 Å². The molecule has 2 heterocycles. The lowest BCUT2D eigenvalue weighted by atomic mass is 9.79. The standard InChI is InChI=1S/C19H22ClN3O3/c1-5-23-15-8-14(20)11(6-12(15)10(2)9-19(23,3)4)7-13-16(24)21-18(26)22-17(13)25/h6-8,10H,5,9H2,1-4H3,(H2,21,22,24,25,26). The summed E-state index contributed by atoms with van der Waals surface area (Å²) in [4.78, 5) is 37.4. The summed E-state index contributed by atoms with van der Waals surface area (Å²) in [5.74, 6) is -1.14. The molecule has 1 fully saturated rings. The molecule has 0 aromatic heterocycles. The first-order valence-electron chi connectivity index (χ1n) is 8.63. The Kier molecular flexibility index (Phi) is 4.56. The number of fused-ring (bicyclic) bond motifs is 1. The topological polar surface area (TPSA) is 78.5 Å². The van der Waals surface area contributed by atoms with Gasteiger partial charge in [-0.2, -0.15) is 0 Å². The molecular weight excluding hydrogens is 354 g/mol. The maximum absolute atomic E-state index is 12.0. The molecule has 1 atom stereocenters. The molecular formula is C19H22ClN3O3. The van der Waals surface area contributed by atoms with Gasteiger partial charge in [0.1, 0.15) is 5.57 Å². The maximum Gasteiger partial charge on any atom is 0.328 e. The Hall–Kier alpha value is -2.34. The summed E-state index contributed by atoms with van der Waals surface area (Å²) in [5.41, 5.74) is 2.69. The third-order valence-corrected chi connectivity index (χ3v) is 5.39. The summed E-state index contributed by atoms with van der Waals surface area (Å²) in [6.07, 6.45) is 2.42. The van der Waals surface area contributed by atoms with Crippen LogP contribution >= 0.6 is 11.6 Å². The van der Waals surface area contributed by atoms with Crippen molar-refractivity contribution in [3.63, 3.8) is 0 Å². The zero-order valence-electron chi connectivity index (χ0n) is 15.3. The molecule has 0 radical (unpaired) electrons. The number of hydrogen-bond acceptors (Lipinski definition) is 4. The van der Waals surface area contributed by atoms with Gasteiger partial charge in [0.2, 0.25) is 0 Å². The summed E-state index contributed by atoms with van der Waals surface area (Å²) in [6, 6.07) is 3.02. The summed E-state index contributed by atoms with van der Waals surface area (Å²) in [6.45, 7) is 9.56. The summed E-state index contributed by atoms with van der Waals surface area (Å²) < 4.78 is 0. The largest absolute Gasteiger partial charge is 0.366 e. The van der Waals surface area contributed by atoms with Gasteiger partial charge in [-0.3, -0.25) is 20.2 Å². The Bertz CT molecular complexity index is 823. The molecule has 138 valence electrons. The van der Waals surface area contributed by atoms with Crippen molar-refractivity contribution in [1.82, 2.24) is 10.6 Å². The number of imide groups is 2. The summed E-state index contributed by atoms with van der Waals surface area (Å²) >= 11 is 6.47. The van der Waals surface area contributed by atoms with E-state index in [1.54, 1.807) is 0 Å². The highest BCUT2D eigenvalue weighted by Crippen LogP contribution is 2.45. The van der Waals surface area contributed by atoms with Crippen LogP contribution in [0.1, 0.15) is 51.2 Å². The van der Waals surface area contributed by atoms with Crippen molar-refractivity contribution in [2.24, 2.45) is 0 Å². The van der Waals surface area contributed by atoms with E-state index in [9.17, 15) is 14.4 Å². The first kappa shape index (κ1) is 18.5. The fourth-order valence-electron chi connectivity index (χ4n) is 3.99. The van der Waals surface area contributed by atoms with Crippen molar-refractivity contribution in [2.75, 3.05) is 11.4 Å². The Morgan fingerprint density at radius 1 is 1.23 bits per heavy atom. The fraction of sp³-hybridized carbons (Fsp3) is 0.421. The molecule has 2 N–H and O–H groups in total. The number of nitrogens with one attached hydrogen (secondary N) is 2. The highest BCUT2D eigenvalue weighted by atomic mass is 35.5. The number of carbonyl (C=O) groups is 3. The van der Waals surface area contributed by atoms with Crippen LogP contribution in [0.15, 0.2) is 17.7 Å². The van der Waals surface area contributed by atoms with Crippen LogP contribution in [-0.2, 0) is 9.59 Å². The van der Waals surface area contributed by atoms with Gasteiger partial charge in [-0.15, -0.1) is 0 Å². The molecule has 3 rings (SSSR count). The van der Waals surface area contributed by atoms with Crippen LogP contribution in [0.25, 0.3) is 6.08 Å². The molecule has 0 saturated carbocycles. The van der Waals surface area contributed by atoms with Crippen LogP contribution in [-0.4, -0.2) is 29.9 Å². The quantitative estimate of drug-likeness (QED) is 0.614. The highest BCUT2D eigenvalue weighted by molar-refractivity contribution is 6.34. The first-order chi connectivity index (χ1) is 12.1. The lowest BCUT2D eigenvalue weighted by molar-refractivity contribution is -0.123. The van der Waals surface area contributed by atoms with E-state index >= 15 is 0 Å². The molecule has 26 heavy (non-hydrogen) atoms. The van der Waals surface area contributed by atoms with E-state index in [1.165, 1.54) is 6.08 Å². The number of rotatable bonds is 2. The first-order valence-corrected chi connectivity index (χ1v) is 9.01. The fourth-order valence-corrected chi connectivity index (χ4v) is 4.20. The van der Waals surface area contributed by atoms with Crippen LogP contribution in [0.5, 0.6) is 0 Å². The highest BCUT2D eigenvalue weighted by Gasteiger charge is 2.36. The lowest BCUT2D eigenvalue weighted by Crippen LogP contribution is -2.51. The number of benzene rings is 1. The Balaban J connectivity index is 2.08. The van der Waals surface area contributed by atoms with Gasteiger partial charge in [0.25, 0.3) is 11.8 Å². The van der Waals surface area contributed by atoms with Crippen LogP contribution in [0, 0.1) is 0 Å². The normalized spacial score (nSPS) is 21.9. The molecule has 0 bridgehead atoms. The van der Waals surface area contributed by atoms with E-state index in [1.807, 2.05) is 12.1 Å². The van der Waals surface area contributed by atoms with Gasteiger partial charge in [-0.1, -0.05) is 18.5 Å². The third-order valence-electron chi connectivity index (χ3n) is 5.06. The zero-order chi connectivity index (χ0) is 19.2. The monoisotopic (exact) mass is 375 g/mol. The SMILES string of the molecule is CCN1c2cc(Cl)c(C=C3C(=O)NC(=O)NC3=O)cc2C(C)CC1(C)C. The maximum atomic E-state index is 12.0. The van der Waals surface area contributed by atoms with Gasteiger partial charge in [-0.25, -0.2) is 4.79 Å². The van der Waals surface area contributed by atoms with E-state index in [2.05, 4.69) is 43.2 Å².